The largest absolute Gasteiger partial charge is 0.399 e. The Balaban J connectivity index is 2.09. The third-order valence-electron chi connectivity index (χ3n) is 2.65. The summed E-state index contributed by atoms with van der Waals surface area (Å²) in [6.45, 7) is 1.96. The highest BCUT2D eigenvalue weighted by molar-refractivity contribution is 7.98. The Morgan fingerprint density at radius 2 is 2.00 bits per heavy atom. The van der Waals surface area contributed by atoms with Crippen molar-refractivity contribution in [2.24, 2.45) is 0 Å². The molecule has 0 saturated heterocycles. The van der Waals surface area contributed by atoms with Crippen molar-refractivity contribution in [3.8, 4) is 0 Å². The van der Waals surface area contributed by atoms with E-state index in [-0.39, 0.29) is 5.82 Å². The first-order valence-electron chi connectivity index (χ1n) is 5.49. The van der Waals surface area contributed by atoms with Gasteiger partial charge in [0.15, 0.2) is 0 Å². The van der Waals surface area contributed by atoms with Crippen LogP contribution in [-0.4, -0.2) is 0 Å². The molecule has 18 heavy (non-hydrogen) atoms. The first kappa shape index (κ1) is 13.2. The van der Waals surface area contributed by atoms with Crippen LogP contribution in [0.25, 0.3) is 0 Å². The average Bonchev–Trinajstić information content (AvgIpc) is 2.32. The van der Waals surface area contributed by atoms with Crippen molar-refractivity contribution in [2.75, 3.05) is 5.73 Å². The monoisotopic (exact) mass is 281 g/mol. The van der Waals surface area contributed by atoms with Crippen molar-refractivity contribution < 1.29 is 4.39 Å². The minimum absolute atomic E-state index is 0.262. The minimum atomic E-state index is -0.262. The number of thioether (sulfide) groups is 1. The molecule has 1 nitrogen and oxygen atoms in total. The van der Waals surface area contributed by atoms with Crippen LogP contribution in [0.15, 0.2) is 41.3 Å². The van der Waals surface area contributed by atoms with Crippen molar-refractivity contribution in [3.63, 3.8) is 0 Å². The standard InChI is InChI=1S/C14H13ClFNS/c1-9-6-12(4-5-14(9)17)18-8-10-2-3-11(15)7-13(10)16/h2-7H,8,17H2,1H3. The summed E-state index contributed by atoms with van der Waals surface area (Å²) < 4.78 is 13.6. The quantitative estimate of drug-likeness (QED) is 0.654. The summed E-state index contributed by atoms with van der Waals surface area (Å²) >= 11 is 7.29. The lowest BCUT2D eigenvalue weighted by Crippen LogP contribution is -1.90. The van der Waals surface area contributed by atoms with Gasteiger partial charge < -0.3 is 5.73 Å². The Hall–Kier alpha value is -1.19. The van der Waals surface area contributed by atoms with E-state index in [4.69, 9.17) is 17.3 Å². The third-order valence-corrected chi connectivity index (χ3v) is 3.93. The van der Waals surface area contributed by atoms with Crippen molar-refractivity contribution in [1.82, 2.24) is 0 Å². The summed E-state index contributed by atoms with van der Waals surface area (Å²) in [7, 11) is 0. The number of benzene rings is 2. The highest BCUT2D eigenvalue weighted by Gasteiger charge is 2.04. The summed E-state index contributed by atoms with van der Waals surface area (Å²) in [6, 6.07) is 10.6. The number of halogens is 2. The SMILES string of the molecule is Cc1cc(SCc2ccc(Cl)cc2F)ccc1N. The van der Waals surface area contributed by atoms with Gasteiger partial charge >= 0.3 is 0 Å². The number of hydrogen-bond acceptors (Lipinski definition) is 2. The van der Waals surface area contributed by atoms with Crippen molar-refractivity contribution in [1.29, 1.82) is 0 Å². The fraction of sp³-hybridized carbons (Fsp3) is 0.143. The minimum Gasteiger partial charge on any atom is -0.399 e. The highest BCUT2D eigenvalue weighted by atomic mass is 35.5. The Morgan fingerprint density at radius 3 is 2.67 bits per heavy atom. The van der Waals surface area contributed by atoms with Crippen LogP contribution in [0.2, 0.25) is 5.02 Å². The number of rotatable bonds is 3. The maximum atomic E-state index is 13.6. The number of hydrogen-bond donors (Lipinski definition) is 1. The topological polar surface area (TPSA) is 26.0 Å². The van der Waals surface area contributed by atoms with Gasteiger partial charge in [-0.2, -0.15) is 0 Å². The predicted molar refractivity (Wildman–Crippen MR) is 76.6 cm³/mol. The molecule has 0 radical (unpaired) electrons. The molecule has 0 aliphatic rings. The molecule has 0 bridgehead atoms. The molecular weight excluding hydrogens is 269 g/mol. The maximum absolute atomic E-state index is 13.6. The van der Waals surface area contributed by atoms with E-state index in [0.29, 0.717) is 16.3 Å². The summed E-state index contributed by atoms with van der Waals surface area (Å²) in [5, 5.41) is 0.421. The van der Waals surface area contributed by atoms with Gasteiger partial charge in [-0.15, -0.1) is 11.8 Å². The second-order valence-electron chi connectivity index (χ2n) is 4.04. The van der Waals surface area contributed by atoms with Crippen LogP contribution < -0.4 is 5.73 Å². The number of anilines is 1. The van der Waals surface area contributed by atoms with Gasteiger partial charge in [0, 0.05) is 21.4 Å². The van der Waals surface area contributed by atoms with E-state index in [1.165, 1.54) is 6.07 Å². The van der Waals surface area contributed by atoms with Crippen LogP contribution in [0.4, 0.5) is 10.1 Å². The molecule has 0 atom stereocenters. The zero-order valence-electron chi connectivity index (χ0n) is 9.91. The molecule has 0 spiro atoms. The third kappa shape index (κ3) is 3.18. The van der Waals surface area contributed by atoms with Gasteiger partial charge in [-0.1, -0.05) is 17.7 Å². The molecule has 2 aromatic rings. The van der Waals surface area contributed by atoms with Gasteiger partial charge in [-0.05, 0) is 48.4 Å². The molecule has 2 N–H and O–H groups in total. The molecule has 0 unspecified atom stereocenters. The first-order chi connectivity index (χ1) is 8.56. The van der Waals surface area contributed by atoms with Crippen molar-refractivity contribution >= 4 is 29.1 Å². The lowest BCUT2D eigenvalue weighted by atomic mass is 10.2. The van der Waals surface area contributed by atoms with Crippen LogP contribution in [0, 0.1) is 12.7 Å². The summed E-state index contributed by atoms with van der Waals surface area (Å²) in [5.74, 6) is 0.314. The molecular formula is C14H13ClFNS. The Kier molecular flexibility index (Phi) is 4.15. The molecule has 0 saturated carbocycles. The first-order valence-corrected chi connectivity index (χ1v) is 6.85. The molecule has 0 amide bonds. The molecule has 2 rings (SSSR count). The van der Waals surface area contributed by atoms with Crippen molar-refractivity contribution in [2.45, 2.75) is 17.6 Å². The van der Waals surface area contributed by atoms with E-state index in [9.17, 15) is 4.39 Å². The van der Waals surface area contributed by atoms with Gasteiger partial charge in [0.05, 0.1) is 0 Å². The summed E-state index contributed by atoms with van der Waals surface area (Å²) in [6.07, 6.45) is 0. The van der Waals surface area contributed by atoms with E-state index in [1.54, 1.807) is 23.9 Å². The van der Waals surface area contributed by atoms with E-state index < -0.39 is 0 Å². The van der Waals surface area contributed by atoms with Crippen LogP contribution in [0.3, 0.4) is 0 Å². The van der Waals surface area contributed by atoms with E-state index >= 15 is 0 Å². The van der Waals surface area contributed by atoms with Crippen LogP contribution in [-0.2, 0) is 5.75 Å². The predicted octanol–water partition coefficient (Wildman–Crippen LogP) is 4.66. The van der Waals surface area contributed by atoms with Crippen molar-refractivity contribution in [3.05, 3.63) is 58.4 Å². The smallest absolute Gasteiger partial charge is 0.128 e. The fourth-order valence-corrected chi connectivity index (χ4v) is 2.68. The van der Waals surface area contributed by atoms with Gasteiger partial charge in [0.2, 0.25) is 0 Å². The molecule has 0 aromatic heterocycles. The molecule has 4 heteroatoms. The Morgan fingerprint density at radius 1 is 1.22 bits per heavy atom. The lowest BCUT2D eigenvalue weighted by Gasteiger charge is -2.06. The van der Waals surface area contributed by atoms with E-state index in [1.807, 2.05) is 25.1 Å². The molecule has 0 aliphatic carbocycles. The molecule has 94 valence electrons. The Labute approximate surface area is 115 Å². The van der Waals surface area contributed by atoms with E-state index in [2.05, 4.69) is 0 Å². The highest BCUT2D eigenvalue weighted by Crippen LogP contribution is 2.27. The zero-order valence-corrected chi connectivity index (χ0v) is 11.5. The molecule has 0 heterocycles. The van der Waals surface area contributed by atoms with Gasteiger partial charge in [-0.25, -0.2) is 4.39 Å². The normalized spacial score (nSPS) is 10.6. The second kappa shape index (κ2) is 5.63. The molecule has 0 fully saturated rings. The second-order valence-corrected chi connectivity index (χ2v) is 5.53. The molecule has 2 aromatic carbocycles. The summed E-state index contributed by atoms with van der Waals surface area (Å²) in [4.78, 5) is 1.08. The van der Waals surface area contributed by atoms with Crippen LogP contribution >= 0.6 is 23.4 Å². The van der Waals surface area contributed by atoms with Gasteiger partial charge in [-0.3, -0.25) is 0 Å². The summed E-state index contributed by atoms with van der Waals surface area (Å²) in [5.41, 5.74) is 8.22. The van der Waals surface area contributed by atoms with Crippen LogP contribution in [0.1, 0.15) is 11.1 Å². The zero-order chi connectivity index (χ0) is 13.1. The molecule has 0 aliphatic heterocycles. The number of nitrogen functional groups attached to an aromatic ring is 1. The Bertz CT molecular complexity index is 572. The van der Waals surface area contributed by atoms with Gasteiger partial charge in [0.25, 0.3) is 0 Å². The lowest BCUT2D eigenvalue weighted by molar-refractivity contribution is 0.617. The fourth-order valence-electron chi connectivity index (χ4n) is 1.54. The van der Waals surface area contributed by atoms with E-state index in [0.717, 1.165) is 16.1 Å². The number of nitrogens with two attached hydrogens (primary N) is 1. The van der Waals surface area contributed by atoms with Gasteiger partial charge in [0.1, 0.15) is 5.82 Å². The number of aryl methyl sites for hydroxylation is 1. The average molecular weight is 282 g/mol. The maximum Gasteiger partial charge on any atom is 0.128 e. The van der Waals surface area contributed by atoms with Crippen LogP contribution in [0.5, 0.6) is 0 Å².